The molecule has 0 radical (unpaired) electrons. The van der Waals surface area contributed by atoms with Crippen LogP contribution in [-0.2, 0) is 16.6 Å². The van der Waals surface area contributed by atoms with Crippen LogP contribution in [0.5, 0.6) is 0 Å². The topological polar surface area (TPSA) is 46.2 Å². The molecule has 0 spiro atoms. The summed E-state index contributed by atoms with van der Waals surface area (Å²) in [6.07, 6.45) is 0. The Morgan fingerprint density at radius 3 is 2.50 bits per heavy atom. The standard InChI is InChI=1S/C15H16FNO2S/c1-11-7-8-12(2)15(9-11)20(18,19)17-10-13-5-3-4-6-14(13)16/h3-9,17H,10H2,1-2H3. The van der Waals surface area contributed by atoms with Gasteiger partial charge in [-0.3, -0.25) is 0 Å². The lowest BCUT2D eigenvalue weighted by atomic mass is 10.2. The highest BCUT2D eigenvalue weighted by molar-refractivity contribution is 7.89. The molecule has 3 nitrogen and oxygen atoms in total. The molecule has 1 N–H and O–H groups in total. The van der Waals surface area contributed by atoms with Crippen molar-refractivity contribution in [3.8, 4) is 0 Å². The Labute approximate surface area is 118 Å². The maximum absolute atomic E-state index is 13.5. The van der Waals surface area contributed by atoms with E-state index in [4.69, 9.17) is 0 Å². The Hall–Kier alpha value is -1.72. The van der Waals surface area contributed by atoms with Crippen molar-refractivity contribution in [3.05, 3.63) is 65.0 Å². The van der Waals surface area contributed by atoms with Gasteiger partial charge in [-0.05, 0) is 37.1 Å². The zero-order chi connectivity index (χ0) is 14.8. The summed E-state index contributed by atoms with van der Waals surface area (Å²) in [5.74, 6) is -0.420. The zero-order valence-electron chi connectivity index (χ0n) is 11.4. The molecule has 0 saturated carbocycles. The fraction of sp³-hybridized carbons (Fsp3) is 0.200. The fourth-order valence-electron chi connectivity index (χ4n) is 1.89. The lowest BCUT2D eigenvalue weighted by molar-refractivity contribution is 0.574. The van der Waals surface area contributed by atoms with E-state index in [1.54, 1.807) is 37.3 Å². The number of aryl methyl sites for hydroxylation is 2. The first-order valence-electron chi connectivity index (χ1n) is 6.20. The molecule has 2 aromatic carbocycles. The Kier molecular flexibility index (Phi) is 4.20. The van der Waals surface area contributed by atoms with Crippen LogP contribution < -0.4 is 4.72 Å². The Balaban J connectivity index is 2.24. The van der Waals surface area contributed by atoms with Gasteiger partial charge in [0.05, 0.1) is 4.90 Å². The SMILES string of the molecule is Cc1ccc(C)c(S(=O)(=O)NCc2ccccc2F)c1. The molecule has 106 valence electrons. The highest BCUT2D eigenvalue weighted by Gasteiger charge is 2.17. The van der Waals surface area contributed by atoms with E-state index in [0.29, 0.717) is 11.1 Å². The van der Waals surface area contributed by atoms with Crippen molar-refractivity contribution in [1.82, 2.24) is 4.72 Å². The number of hydrogen-bond donors (Lipinski definition) is 1. The number of halogens is 1. The molecule has 0 aromatic heterocycles. The Morgan fingerprint density at radius 2 is 1.80 bits per heavy atom. The molecular formula is C15H16FNO2S. The van der Waals surface area contributed by atoms with Crippen LogP contribution in [-0.4, -0.2) is 8.42 Å². The van der Waals surface area contributed by atoms with Crippen molar-refractivity contribution in [1.29, 1.82) is 0 Å². The van der Waals surface area contributed by atoms with Crippen LogP contribution in [0.4, 0.5) is 4.39 Å². The summed E-state index contributed by atoms with van der Waals surface area (Å²) in [5, 5.41) is 0. The van der Waals surface area contributed by atoms with E-state index in [0.717, 1.165) is 5.56 Å². The molecule has 0 saturated heterocycles. The van der Waals surface area contributed by atoms with E-state index in [-0.39, 0.29) is 11.4 Å². The highest BCUT2D eigenvalue weighted by Crippen LogP contribution is 2.17. The first kappa shape index (κ1) is 14.7. The van der Waals surface area contributed by atoms with Crippen LogP contribution in [0.3, 0.4) is 0 Å². The molecule has 20 heavy (non-hydrogen) atoms. The number of benzene rings is 2. The maximum atomic E-state index is 13.5. The van der Waals surface area contributed by atoms with Gasteiger partial charge < -0.3 is 0 Å². The van der Waals surface area contributed by atoms with Crippen molar-refractivity contribution >= 4 is 10.0 Å². The molecule has 0 unspecified atom stereocenters. The average molecular weight is 293 g/mol. The van der Waals surface area contributed by atoms with Crippen LogP contribution in [0, 0.1) is 19.7 Å². The minimum atomic E-state index is -3.65. The number of sulfonamides is 1. The fourth-order valence-corrected chi connectivity index (χ4v) is 3.22. The van der Waals surface area contributed by atoms with Crippen LogP contribution in [0.2, 0.25) is 0 Å². The van der Waals surface area contributed by atoms with Gasteiger partial charge in [-0.15, -0.1) is 0 Å². The summed E-state index contributed by atoms with van der Waals surface area (Å²) < 4.78 is 40.4. The number of hydrogen-bond acceptors (Lipinski definition) is 2. The first-order valence-corrected chi connectivity index (χ1v) is 7.69. The summed E-state index contributed by atoms with van der Waals surface area (Å²) in [7, 11) is -3.65. The van der Waals surface area contributed by atoms with Crippen molar-refractivity contribution in [3.63, 3.8) is 0 Å². The largest absolute Gasteiger partial charge is 0.241 e. The van der Waals surface area contributed by atoms with Crippen LogP contribution in [0.15, 0.2) is 47.4 Å². The lowest BCUT2D eigenvalue weighted by Gasteiger charge is -2.10. The van der Waals surface area contributed by atoms with Crippen molar-refractivity contribution in [2.24, 2.45) is 0 Å². The zero-order valence-corrected chi connectivity index (χ0v) is 12.2. The lowest BCUT2D eigenvalue weighted by Crippen LogP contribution is -2.24. The summed E-state index contributed by atoms with van der Waals surface area (Å²) >= 11 is 0. The second-order valence-corrected chi connectivity index (χ2v) is 6.42. The minimum Gasteiger partial charge on any atom is -0.207 e. The third-order valence-electron chi connectivity index (χ3n) is 3.04. The van der Waals surface area contributed by atoms with E-state index in [1.165, 1.54) is 6.07 Å². The minimum absolute atomic E-state index is 0.0671. The number of nitrogens with one attached hydrogen (secondary N) is 1. The molecule has 0 fully saturated rings. The van der Waals surface area contributed by atoms with Gasteiger partial charge in [0.15, 0.2) is 0 Å². The quantitative estimate of drug-likeness (QED) is 0.942. The van der Waals surface area contributed by atoms with Crippen LogP contribution in [0.1, 0.15) is 16.7 Å². The number of rotatable bonds is 4. The smallest absolute Gasteiger partial charge is 0.207 e. The van der Waals surface area contributed by atoms with Gasteiger partial charge >= 0.3 is 0 Å². The van der Waals surface area contributed by atoms with Gasteiger partial charge in [-0.1, -0.05) is 30.3 Å². The van der Waals surface area contributed by atoms with E-state index in [9.17, 15) is 12.8 Å². The Bertz CT molecular complexity index is 726. The molecule has 2 rings (SSSR count). The normalized spacial score (nSPS) is 11.6. The van der Waals surface area contributed by atoms with Gasteiger partial charge in [0, 0.05) is 12.1 Å². The monoisotopic (exact) mass is 293 g/mol. The third-order valence-corrected chi connectivity index (χ3v) is 4.59. The molecule has 2 aromatic rings. The summed E-state index contributed by atoms with van der Waals surface area (Å²) in [5.41, 5.74) is 1.85. The van der Waals surface area contributed by atoms with Gasteiger partial charge in [0.2, 0.25) is 10.0 Å². The third kappa shape index (κ3) is 3.23. The van der Waals surface area contributed by atoms with Gasteiger partial charge in [0.1, 0.15) is 5.82 Å². The molecule has 0 atom stereocenters. The van der Waals surface area contributed by atoms with E-state index in [1.807, 2.05) is 13.0 Å². The van der Waals surface area contributed by atoms with Crippen molar-refractivity contribution < 1.29 is 12.8 Å². The van der Waals surface area contributed by atoms with Crippen molar-refractivity contribution in [2.75, 3.05) is 0 Å². The average Bonchev–Trinajstić information content (AvgIpc) is 2.40. The second-order valence-electron chi connectivity index (χ2n) is 4.68. The van der Waals surface area contributed by atoms with Crippen LogP contribution in [0.25, 0.3) is 0 Å². The van der Waals surface area contributed by atoms with E-state index in [2.05, 4.69) is 4.72 Å². The van der Waals surface area contributed by atoms with Gasteiger partial charge in [-0.25, -0.2) is 17.5 Å². The molecule has 5 heteroatoms. The summed E-state index contributed by atoms with van der Waals surface area (Å²) in [6, 6.07) is 11.3. The molecular weight excluding hydrogens is 277 g/mol. The summed E-state index contributed by atoms with van der Waals surface area (Å²) in [4.78, 5) is 0.230. The van der Waals surface area contributed by atoms with E-state index < -0.39 is 15.8 Å². The maximum Gasteiger partial charge on any atom is 0.241 e. The Morgan fingerprint density at radius 1 is 1.10 bits per heavy atom. The van der Waals surface area contributed by atoms with Crippen LogP contribution >= 0.6 is 0 Å². The molecule has 0 aliphatic heterocycles. The molecule has 0 bridgehead atoms. The molecule has 0 heterocycles. The molecule has 0 aliphatic rings. The van der Waals surface area contributed by atoms with Crippen molar-refractivity contribution in [2.45, 2.75) is 25.3 Å². The van der Waals surface area contributed by atoms with E-state index >= 15 is 0 Å². The van der Waals surface area contributed by atoms with Gasteiger partial charge in [0.25, 0.3) is 0 Å². The predicted octanol–water partition coefficient (Wildman–Crippen LogP) is 2.92. The van der Waals surface area contributed by atoms with Gasteiger partial charge in [-0.2, -0.15) is 0 Å². The summed E-state index contributed by atoms with van der Waals surface area (Å²) in [6.45, 7) is 3.49. The predicted molar refractivity (Wildman–Crippen MR) is 76.3 cm³/mol. The highest BCUT2D eigenvalue weighted by atomic mass is 32.2. The molecule has 0 aliphatic carbocycles. The molecule has 0 amide bonds. The first-order chi connectivity index (χ1) is 9.40. The second kappa shape index (κ2) is 5.73.